The van der Waals surface area contributed by atoms with Crippen LogP contribution in [0.3, 0.4) is 0 Å². The van der Waals surface area contributed by atoms with E-state index < -0.39 is 34.5 Å². The molecule has 0 aliphatic heterocycles. The average molecular weight is 365 g/mol. The Labute approximate surface area is 117 Å². The van der Waals surface area contributed by atoms with Gasteiger partial charge < -0.3 is 4.74 Å². The average Bonchev–Trinajstić information content (AvgIpc) is 2.23. The molecule has 0 heterocycles. The van der Waals surface area contributed by atoms with E-state index in [-0.39, 0.29) is 11.6 Å². The summed E-state index contributed by atoms with van der Waals surface area (Å²) in [6.45, 7) is 1.09. The van der Waals surface area contributed by atoms with E-state index in [0.29, 0.717) is 6.07 Å². The molecule has 1 atom stereocenters. The second-order valence-corrected chi connectivity index (χ2v) is 4.73. The van der Waals surface area contributed by atoms with Crippen LogP contribution in [0.2, 0.25) is 0 Å². The Hall–Kier alpha value is -1.25. The Morgan fingerprint density at radius 2 is 1.70 bits per heavy atom. The van der Waals surface area contributed by atoms with Crippen molar-refractivity contribution in [3.05, 3.63) is 29.3 Å². The number of Topliss-reactive ketones (excluding diaryl/α,β-unsaturated/α-hetero) is 1. The first-order valence-corrected chi connectivity index (χ1v) is 5.94. The fourth-order valence-corrected chi connectivity index (χ4v) is 1.62. The normalized spacial score (nSPS) is 14.0. The highest BCUT2D eigenvalue weighted by Crippen LogP contribution is 2.37. The molecule has 1 aromatic rings. The second-order valence-electron chi connectivity index (χ2n) is 3.81. The van der Waals surface area contributed by atoms with Gasteiger partial charge in [-0.3, -0.25) is 4.79 Å². The molecule has 0 N–H and O–H groups in total. The number of carbonyl (C=O) groups is 1. The third-order valence-electron chi connectivity index (χ3n) is 2.14. The van der Waals surface area contributed by atoms with Crippen molar-refractivity contribution in [1.82, 2.24) is 0 Å². The van der Waals surface area contributed by atoms with Gasteiger partial charge in [0.25, 0.3) is 0 Å². The van der Waals surface area contributed by atoms with E-state index in [9.17, 15) is 31.1 Å². The largest absolute Gasteiger partial charge is 0.573 e. The molecule has 112 valence electrons. The maximum Gasteiger partial charge on any atom is 0.573 e. The summed E-state index contributed by atoms with van der Waals surface area (Å²) in [6, 6.07) is 1.53. The summed E-state index contributed by atoms with van der Waals surface area (Å²) >= 11 is 2.81. The van der Waals surface area contributed by atoms with Gasteiger partial charge in [0.05, 0.1) is 10.4 Å². The molecule has 0 saturated carbocycles. The molecular weight excluding hydrogens is 358 g/mol. The summed E-state index contributed by atoms with van der Waals surface area (Å²) < 4.78 is 77.5. The zero-order valence-corrected chi connectivity index (χ0v) is 11.4. The van der Waals surface area contributed by atoms with Crippen molar-refractivity contribution in [3.63, 3.8) is 0 Å². The van der Waals surface area contributed by atoms with Crippen LogP contribution in [0.25, 0.3) is 0 Å². The summed E-state index contributed by atoms with van der Waals surface area (Å²) in [5, 5.41) is 0. The number of hydrogen-bond donors (Lipinski definition) is 0. The van der Waals surface area contributed by atoms with Crippen LogP contribution in [0.5, 0.6) is 5.75 Å². The first-order valence-electron chi connectivity index (χ1n) is 5.02. The fourth-order valence-electron chi connectivity index (χ4n) is 1.36. The molecule has 0 spiro atoms. The van der Waals surface area contributed by atoms with Crippen LogP contribution in [0.1, 0.15) is 22.9 Å². The van der Waals surface area contributed by atoms with E-state index in [1.54, 1.807) is 0 Å². The lowest BCUT2D eigenvalue weighted by molar-refractivity contribution is -0.274. The SMILES string of the molecule is CC(=O)C(Br)c1cc(OC(F)(F)F)cc(C(F)(F)F)c1. The van der Waals surface area contributed by atoms with Crippen molar-refractivity contribution in [3.8, 4) is 5.75 Å². The van der Waals surface area contributed by atoms with Crippen LogP contribution >= 0.6 is 15.9 Å². The van der Waals surface area contributed by atoms with Crippen molar-refractivity contribution in [2.75, 3.05) is 0 Å². The summed E-state index contributed by atoms with van der Waals surface area (Å²) in [6.07, 6.45) is -9.98. The molecule has 9 heteroatoms. The Bertz CT molecular complexity index is 509. The monoisotopic (exact) mass is 364 g/mol. The molecule has 1 aromatic carbocycles. The summed E-state index contributed by atoms with van der Waals surface area (Å²) in [7, 11) is 0. The molecule has 2 nitrogen and oxygen atoms in total. The maximum atomic E-state index is 12.6. The van der Waals surface area contributed by atoms with E-state index in [2.05, 4.69) is 20.7 Å². The molecule has 1 unspecified atom stereocenters. The summed E-state index contributed by atoms with van der Waals surface area (Å²) in [4.78, 5) is 9.96. The molecule has 0 amide bonds. The molecule has 0 fully saturated rings. The number of ketones is 1. The van der Waals surface area contributed by atoms with E-state index in [1.165, 1.54) is 0 Å². The zero-order valence-electron chi connectivity index (χ0n) is 9.77. The third-order valence-corrected chi connectivity index (χ3v) is 3.31. The van der Waals surface area contributed by atoms with Gasteiger partial charge in [-0.1, -0.05) is 15.9 Å². The summed E-state index contributed by atoms with van der Waals surface area (Å²) in [5.41, 5.74) is -1.61. The molecule has 0 aromatic heterocycles. The van der Waals surface area contributed by atoms with Crippen molar-refractivity contribution in [1.29, 1.82) is 0 Å². The van der Waals surface area contributed by atoms with Gasteiger partial charge in [-0.2, -0.15) is 13.2 Å². The minimum absolute atomic E-state index is 0.219. The number of halogens is 7. The molecule has 20 heavy (non-hydrogen) atoms. The lowest BCUT2D eigenvalue weighted by atomic mass is 10.1. The predicted molar refractivity (Wildman–Crippen MR) is 60.5 cm³/mol. The zero-order chi connectivity index (χ0) is 15.7. The lowest BCUT2D eigenvalue weighted by Gasteiger charge is -2.15. The van der Waals surface area contributed by atoms with Crippen molar-refractivity contribution >= 4 is 21.7 Å². The van der Waals surface area contributed by atoms with E-state index in [4.69, 9.17) is 0 Å². The van der Waals surface area contributed by atoms with Crippen molar-refractivity contribution < 1.29 is 35.9 Å². The molecule has 0 aliphatic rings. The fraction of sp³-hybridized carbons (Fsp3) is 0.364. The van der Waals surface area contributed by atoms with Crippen LogP contribution in [-0.4, -0.2) is 12.1 Å². The maximum absolute atomic E-state index is 12.6. The van der Waals surface area contributed by atoms with Gasteiger partial charge in [-0.25, -0.2) is 0 Å². The van der Waals surface area contributed by atoms with Gasteiger partial charge in [0.1, 0.15) is 11.5 Å². The Morgan fingerprint density at radius 3 is 2.10 bits per heavy atom. The van der Waals surface area contributed by atoms with Crippen LogP contribution in [0, 0.1) is 0 Å². The van der Waals surface area contributed by atoms with E-state index in [0.717, 1.165) is 13.0 Å². The van der Waals surface area contributed by atoms with Gasteiger partial charge >= 0.3 is 12.5 Å². The van der Waals surface area contributed by atoms with Crippen LogP contribution in [0.15, 0.2) is 18.2 Å². The van der Waals surface area contributed by atoms with E-state index >= 15 is 0 Å². The number of alkyl halides is 7. The Kier molecular flexibility index (Phi) is 4.73. The first kappa shape index (κ1) is 16.8. The predicted octanol–water partition coefficient (Wildman–Crippen LogP) is 4.63. The lowest BCUT2D eigenvalue weighted by Crippen LogP contribution is -2.18. The van der Waals surface area contributed by atoms with Crippen LogP contribution in [-0.2, 0) is 11.0 Å². The number of hydrogen-bond acceptors (Lipinski definition) is 2. The molecule has 1 rings (SSSR count). The highest BCUT2D eigenvalue weighted by atomic mass is 79.9. The highest BCUT2D eigenvalue weighted by molar-refractivity contribution is 9.09. The molecule has 0 aliphatic carbocycles. The molecule has 0 radical (unpaired) electrons. The van der Waals surface area contributed by atoms with Crippen LogP contribution < -0.4 is 4.74 Å². The first-order chi connectivity index (χ1) is 8.90. The summed E-state index contributed by atoms with van der Waals surface area (Å²) in [5.74, 6) is -1.59. The minimum atomic E-state index is -5.13. The third kappa shape index (κ3) is 4.69. The van der Waals surface area contributed by atoms with Gasteiger partial charge in [-0.05, 0) is 30.7 Å². The van der Waals surface area contributed by atoms with E-state index in [1.807, 2.05) is 0 Å². The quantitative estimate of drug-likeness (QED) is 0.577. The second kappa shape index (κ2) is 5.63. The number of carbonyl (C=O) groups excluding carboxylic acids is 1. The molecular formula is C11H7BrF6O2. The minimum Gasteiger partial charge on any atom is -0.406 e. The van der Waals surface area contributed by atoms with Gasteiger partial charge in [0.15, 0.2) is 0 Å². The van der Waals surface area contributed by atoms with Gasteiger partial charge in [0, 0.05) is 0 Å². The topological polar surface area (TPSA) is 26.3 Å². The molecule has 0 bridgehead atoms. The van der Waals surface area contributed by atoms with Crippen molar-refractivity contribution in [2.24, 2.45) is 0 Å². The smallest absolute Gasteiger partial charge is 0.406 e. The number of ether oxygens (including phenoxy) is 1. The van der Waals surface area contributed by atoms with Gasteiger partial charge in [-0.15, -0.1) is 13.2 Å². The highest BCUT2D eigenvalue weighted by Gasteiger charge is 2.35. The van der Waals surface area contributed by atoms with Gasteiger partial charge in [0.2, 0.25) is 0 Å². The number of rotatable bonds is 3. The Morgan fingerprint density at radius 1 is 1.15 bits per heavy atom. The van der Waals surface area contributed by atoms with Crippen molar-refractivity contribution in [2.45, 2.75) is 24.3 Å². The Balaban J connectivity index is 3.32. The number of benzene rings is 1. The van der Waals surface area contributed by atoms with Crippen LogP contribution in [0.4, 0.5) is 26.3 Å². The standard InChI is InChI=1S/C11H7BrF6O2/c1-5(19)9(12)6-2-7(10(13,14)15)4-8(3-6)20-11(16,17)18/h2-4,9H,1H3. The molecule has 0 saturated heterocycles.